The van der Waals surface area contributed by atoms with Crippen molar-refractivity contribution in [3.8, 4) is 17.0 Å². The van der Waals surface area contributed by atoms with Gasteiger partial charge in [-0.25, -0.2) is 19.3 Å². The van der Waals surface area contributed by atoms with Crippen LogP contribution in [-0.4, -0.2) is 73.3 Å². The van der Waals surface area contributed by atoms with Crippen molar-refractivity contribution >= 4 is 29.2 Å². The van der Waals surface area contributed by atoms with Crippen LogP contribution in [0.25, 0.3) is 28.2 Å². The molecule has 0 spiro atoms. The monoisotopic (exact) mass is 498 g/mol. The number of fused-ring (bicyclic) bond motifs is 1. The topological polar surface area (TPSA) is 124 Å². The van der Waals surface area contributed by atoms with Crippen LogP contribution in [-0.2, 0) is 16.5 Å². The van der Waals surface area contributed by atoms with Gasteiger partial charge < -0.3 is 19.1 Å². The van der Waals surface area contributed by atoms with Crippen molar-refractivity contribution in [2.24, 2.45) is 7.05 Å². The molecule has 0 fully saturated rings. The minimum Gasteiger partial charge on any atom is -0.472 e. The Morgan fingerprint density at radius 1 is 1.31 bits per heavy atom. The maximum Gasteiger partial charge on any atom is 0.410 e. The van der Waals surface area contributed by atoms with Crippen molar-refractivity contribution in [1.82, 2.24) is 29.9 Å². The summed E-state index contributed by atoms with van der Waals surface area (Å²) in [4.78, 5) is 31.4. The Morgan fingerprint density at radius 2 is 2.03 bits per heavy atom. The van der Waals surface area contributed by atoms with Crippen LogP contribution in [0.2, 0.25) is 0 Å². The maximum atomic E-state index is 12.8. The van der Waals surface area contributed by atoms with E-state index in [2.05, 4.69) is 26.9 Å². The molecule has 11 heteroatoms. The molecule has 1 amide bonds. The second kappa shape index (κ2) is 10.8. The summed E-state index contributed by atoms with van der Waals surface area (Å²) in [5.74, 6) is -0.235. The number of nitrogens with zero attached hydrogens (tertiary/aromatic N) is 5. The molecule has 1 unspecified atom stereocenters. The van der Waals surface area contributed by atoms with Gasteiger partial charge in [-0.15, -0.1) is 0 Å². The van der Waals surface area contributed by atoms with E-state index in [-0.39, 0.29) is 18.8 Å². The van der Waals surface area contributed by atoms with Gasteiger partial charge in [-0.3, -0.25) is 5.10 Å². The van der Waals surface area contributed by atoms with E-state index in [0.717, 1.165) is 5.39 Å². The zero-order chi connectivity index (χ0) is 26.6. The van der Waals surface area contributed by atoms with E-state index in [9.17, 15) is 9.59 Å². The molecule has 3 aromatic heterocycles. The number of carbonyl (C=O) groups is 2. The number of hydrogen-bond acceptors (Lipinski definition) is 8. The summed E-state index contributed by atoms with van der Waals surface area (Å²) in [6.45, 7) is 15.6. The zero-order valence-corrected chi connectivity index (χ0v) is 21.9. The molecule has 0 bridgehead atoms. The van der Waals surface area contributed by atoms with Crippen LogP contribution in [0.3, 0.4) is 0 Å². The van der Waals surface area contributed by atoms with Gasteiger partial charge in [0.1, 0.15) is 11.7 Å². The molecular weight excluding hydrogens is 464 g/mol. The van der Waals surface area contributed by atoms with Crippen LogP contribution in [0.1, 0.15) is 57.7 Å². The van der Waals surface area contributed by atoms with Crippen molar-refractivity contribution in [2.45, 2.75) is 53.2 Å². The second-order valence-electron chi connectivity index (χ2n) is 9.26. The molecule has 3 aromatic rings. The molecule has 0 saturated heterocycles. The Bertz CT molecular complexity index is 1260. The number of amides is 1. The first kappa shape index (κ1) is 26.7. The van der Waals surface area contributed by atoms with E-state index in [1.165, 1.54) is 4.68 Å². The van der Waals surface area contributed by atoms with Gasteiger partial charge in [-0.1, -0.05) is 6.58 Å². The van der Waals surface area contributed by atoms with Crippen molar-refractivity contribution in [1.29, 1.82) is 0 Å². The number of esters is 1. The molecular formula is C25H34N6O5. The lowest BCUT2D eigenvalue weighted by Crippen LogP contribution is -2.41. The lowest BCUT2D eigenvalue weighted by molar-refractivity contribution is 0.0188. The van der Waals surface area contributed by atoms with Gasteiger partial charge in [-0.05, 0) is 53.7 Å². The van der Waals surface area contributed by atoms with Crippen molar-refractivity contribution in [2.75, 3.05) is 19.7 Å². The fourth-order valence-corrected chi connectivity index (χ4v) is 3.65. The number of H-pyrrole nitrogens is 1. The van der Waals surface area contributed by atoms with E-state index in [4.69, 9.17) is 14.2 Å². The number of pyridine rings is 1. The summed E-state index contributed by atoms with van der Waals surface area (Å²) in [6, 6.07) is 1.85. The number of aryl methyl sites for hydroxylation is 1. The highest BCUT2D eigenvalue weighted by Crippen LogP contribution is 2.36. The number of hydrogen-bond donors (Lipinski definition) is 1. The van der Waals surface area contributed by atoms with Crippen LogP contribution in [0.4, 0.5) is 4.79 Å². The van der Waals surface area contributed by atoms with Crippen molar-refractivity contribution in [3.05, 3.63) is 30.2 Å². The molecule has 1 atom stereocenters. The summed E-state index contributed by atoms with van der Waals surface area (Å²) in [7, 11) is 1.68. The third kappa shape index (κ3) is 5.84. The fourth-order valence-electron chi connectivity index (χ4n) is 3.65. The van der Waals surface area contributed by atoms with Gasteiger partial charge in [0.15, 0.2) is 11.3 Å². The molecule has 0 radical (unpaired) electrons. The highest BCUT2D eigenvalue weighted by atomic mass is 16.6. The zero-order valence-electron chi connectivity index (χ0n) is 21.9. The first-order valence-electron chi connectivity index (χ1n) is 11.8. The largest absolute Gasteiger partial charge is 0.472 e. The number of aromatic nitrogens is 5. The normalized spacial score (nSPS) is 12.3. The Hall–Kier alpha value is -3.89. The average molecular weight is 499 g/mol. The summed E-state index contributed by atoms with van der Waals surface area (Å²) in [5, 5.41) is 12.2. The van der Waals surface area contributed by atoms with Gasteiger partial charge in [0, 0.05) is 30.7 Å². The lowest BCUT2D eigenvalue weighted by Gasteiger charge is -2.28. The third-order valence-electron chi connectivity index (χ3n) is 5.22. The molecule has 3 rings (SSSR count). The smallest absolute Gasteiger partial charge is 0.410 e. The third-order valence-corrected chi connectivity index (χ3v) is 5.22. The Morgan fingerprint density at radius 3 is 2.64 bits per heavy atom. The van der Waals surface area contributed by atoms with Crippen molar-refractivity contribution < 1.29 is 23.8 Å². The van der Waals surface area contributed by atoms with Gasteiger partial charge >= 0.3 is 12.1 Å². The SMILES string of the molecule is C=Cc1[nH]nc2ncc(-c3c(C(=O)OCC)nn(C)c3OC(C)CN(CC)C(=O)OC(C)(C)C)cc12. The Balaban J connectivity index is 2.00. The molecule has 0 aromatic carbocycles. The Labute approximate surface area is 210 Å². The minimum atomic E-state index is -0.610. The van der Waals surface area contributed by atoms with E-state index < -0.39 is 23.8 Å². The molecule has 194 valence electrons. The van der Waals surface area contributed by atoms with Crippen LogP contribution >= 0.6 is 0 Å². The van der Waals surface area contributed by atoms with Crippen LogP contribution < -0.4 is 4.74 Å². The minimum absolute atomic E-state index is 0.103. The maximum absolute atomic E-state index is 12.8. The summed E-state index contributed by atoms with van der Waals surface area (Å²) in [5.41, 5.74) is 1.75. The van der Waals surface area contributed by atoms with E-state index in [0.29, 0.717) is 34.9 Å². The highest BCUT2D eigenvalue weighted by molar-refractivity contribution is 5.98. The molecule has 3 heterocycles. The number of ether oxygens (including phenoxy) is 3. The number of carbonyl (C=O) groups excluding carboxylic acids is 2. The summed E-state index contributed by atoms with van der Waals surface area (Å²) < 4.78 is 18.5. The first-order chi connectivity index (χ1) is 17.0. The van der Waals surface area contributed by atoms with E-state index in [1.54, 1.807) is 31.1 Å². The molecule has 0 aliphatic carbocycles. The fraction of sp³-hybridized carbons (Fsp3) is 0.480. The number of aromatic amines is 1. The van der Waals surface area contributed by atoms with Crippen LogP contribution in [0.5, 0.6) is 5.88 Å². The van der Waals surface area contributed by atoms with E-state index in [1.807, 2.05) is 40.7 Å². The molecule has 0 aliphatic rings. The molecule has 11 nitrogen and oxygen atoms in total. The average Bonchev–Trinajstić information content (AvgIpc) is 3.36. The predicted octanol–water partition coefficient (Wildman–Crippen LogP) is 4.20. The summed E-state index contributed by atoms with van der Waals surface area (Å²) >= 11 is 0. The standard InChI is InChI=1S/C25H34N6O5/c1-9-18-17-12-16(13-26-21(17)28-27-18)19-20(23(32)34-11-3)29-30(8)22(19)35-15(4)14-31(10-2)24(33)36-25(5,6)7/h9,12-13,15H,1,10-11,14H2,2-8H3,(H,26,27,28). The summed E-state index contributed by atoms with van der Waals surface area (Å²) in [6.07, 6.45) is 2.37. The second-order valence-corrected chi connectivity index (χ2v) is 9.26. The predicted molar refractivity (Wildman–Crippen MR) is 136 cm³/mol. The first-order valence-corrected chi connectivity index (χ1v) is 11.8. The number of rotatable bonds is 9. The number of nitrogens with one attached hydrogen (secondary N) is 1. The van der Waals surface area contributed by atoms with Gasteiger partial charge in [0.25, 0.3) is 0 Å². The molecule has 36 heavy (non-hydrogen) atoms. The van der Waals surface area contributed by atoms with Crippen LogP contribution in [0, 0.1) is 0 Å². The quantitative estimate of drug-likeness (QED) is 0.435. The molecule has 0 saturated carbocycles. The molecule has 0 aliphatic heterocycles. The van der Waals surface area contributed by atoms with Gasteiger partial charge in [0.05, 0.1) is 24.4 Å². The number of likely N-dealkylation sites (N-methyl/N-ethyl adjacent to an activating group) is 1. The lowest BCUT2D eigenvalue weighted by atomic mass is 10.1. The molecule has 1 N–H and O–H groups in total. The van der Waals surface area contributed by atoms with Crippen molar-refractivity contribution in [3.63, 3.8) is 0 Å². The Kier molecular flexibility index (Phi) is 8.01. The highest BCUT2D eigenvalue weighted by Gasteiger charge is 2.29. The van der Waals surface area contributed by atoms with E-state index >= 15 is 0 Å². The van der Waals surface area contributed by atoms with Crippen LogP contribution in [0.15, 0.2) is 18.8 Å². The van der Waals surface area contributed by atoms with Gasteiger partial charge in [-0.2, -0.15) is 10.2 Å². The van der Waals surface area contributed by atoms with Gasteiger partial charge in [0.2, 0.25) is 5.88 Å².